The van der Waals surface area contributed by atoms with Crippen molar-refractivity contribution in [1.82, 2.24) is 4.90 Å². The van der Waals surface area contributed by atoms with Crippen molar-refractivity contribution in [2.75, 3.05) is 0 Å². The van der Waals surface area contributed by atoms with E-state index in [9.17, 15) is 4.79 Å². The van der Waals surface area contributed by atoms with Crippen LogP contribution in [0.25, 0.3) is 0 Å². The summed E-state index contributed by atoms with van der Waals surface area (Å²) in [7, 11) is 0. The van der Waals surface area contributed by atoms with Crippen molar-refractivity contribution in [3.05, 3.63) is 24.9 Å². The van der Waals surface area contributed by atoms with Gasteiger partial charge in [-0.25, -0.2) is 0 Å². The molecule has 0 N–H and O–H groups in total. The molecule has 2 atom stereocenters. The molecule has 0 saturated carbocycles. The van der Waals surface area contributed by atoms with Crippen LogP contribution in [0.1, 0.15) is 12.8 Å². The molecule has 1 unspecified atom stereocenters. The Morgan fingerprint density at radius 2 is 2.67 bits per heavy atom. The zero-order valence-corrected chi connectivity index (χ0v) is 7.59. The number of carbonyl (C=O) groups excluding carboxylic acids is 1. The molecule has 0 bridgehead atoms. The Labute approximate surface area is 76.3 Å². The zero-order valence-electron chi connectivity index (χ0n) is 6.77. The number of carbonyl (C=O) groups is 1. The van der Waals surface area contributed by atoms with E-state index >= 15 is 0 Å². The van der Waals surface area contributed by atoms with Gasteiger partial charge in [-0.05, 0) is 6.42 Å². The topological polar surface area (TPSA) is 20.3 Å². The number of hydrogen-bond donors (Lipinski definition) is 0. The second kappa shape index (κ2) is 2.98. The van der Waals surface area contributed by atoms with E-state index in [-0.39, 0.29) is 5.91 Å². The third-order valence-corrected chi connectivity index (χ3v) is 3.55. The van der Waals surface area contributed by atoms with Crippen LogP contribution in [0.4, 0.5) is 0 Å². The van der Waals surface area contributed by atoms with Crippen molar-refractivity contribution in [3.8, 4) is 0 Å². The maximum absolute atomic E-state index is 11.0. The molecule has 2 rings (SSSR count). The van der Waals surface area contributed by atoms with Crippen LogP contribution < -0.4 is 0 Å². The van der Waals surface area contributed by atoms with Crippen molar-refractivity contribution in [3.63, 3.8) is 0 Å². The smallest absolute Gasteiger partial charge is 0.230 e. The lowest BCUT2D eigenvalue weighted by atomic mass is 10.2. The quantitative estimate of drug-likeness (QED) is 0.478. The Morgan fingerprint density at radius 1 is 1.83 bits per heavy atom. The highest BCUT2D eigenvalue weighted by Gasteiger charge is 2.38. The van der Waals surface area contributed by atoms with E-state index in [1.54, 1.807) is 0 Å². The molecule has 1 saturated heterocycles. The number of β-lactam (4-membered cyclic amide) rings is 1. The monoisotopic (exact) mass is 181 g/mol. The van der Waals surface area contributed by atoms with Crippen molar-refractivity contribution < 1.29 is 4.79 Å². The highest BCUT2D eigenvalue weighted by Crippen LogP contribution is 2.37. The molecule has 0 aliphatic carbocycles. The number of nitrogens with zero attached hydrogens (tertiary/aromatic N) is 1. The summed E-state index contributed by atoms with van der Waals surface area (Å²) in [5.74, 6) is 0.251. The first-order valence-corrected chi connectivity index (χ1v) is 5.01. The van der Waals surface area contributed by atoms with Gasteiger partial charge in [-0.1, -0.05) is 12.2 Å². The molecule has 1 amide bonds. The first-order valence-electron chi connectivity index (χ1n) is 4.07. The summed E-state index contributed by atoms with van der Waals surface area (Å²) in [4.78, 5) is 12.8. The van der Waals surface area contributed by atoms with Crippen LogP contribution in [0, 0.1) is 0 Å². The fraction of sp³-hybridized carbons (Fsp3) is 0.444. The van der Waals surface area contributed by atoms with Crippen LogP contribution in [-0.4, -0.2) is 21.4 Å². The summed E-state index contributed by atoms with van der Waals surface area (Å²) in [6, 6.07) is 0. The Kier molecular flexibility index (Phi) is 1.97. The van der Waals surface area contributed by atoms with Crippen LogP contribution in [-0.2, 0) is 4.79 Å². The molecule has 0 radical (unpaired) electrons. The molecule has 0 spiro atoms. The van der Waals surface area contributed by atoms with Crippen LogP contribution >= 0.6 is 11.8 Å². The van der Waals surface area contributed by atoms with Crippen LogP contribution in [0.2, 0.25) is 0 Å². The molecule has 2 aliphatic rings. The van der Waals surface area contributed by atoms with E-state index in [0.29, 0.717) is 17.0 Å². The second-order valence-electron chi connectivity index (χ2n) is 3.00. The Balaban J connectivity index is 2.01. The van der Waals surface area contributed by atoms with Crippen LogP contribution in [0.3, 0.4) is 0 Å². The van der Waals surface area contributed by atoms with E-state index in [0.717, 1.165) is 6.42 Å². The summed E-state index contributed by atoms with van der Waals surface area (Å²) in [6.45, 7) is 3.70. The van der Waals surface area contributed by atoms with Gasteiger partial charge < -0.3 is 4.90 Å². The van der Waals surface area contributed by atoms with Gasteiger partial charge in [0.05, 0.1) is 11.8 Å². The Morgan fingerprint density at radius 3 is 3.25 bits per heavy atom. The third kappa shape index (κ3) is 1.18. The zero-order chi connectivity index (χ0) is 8.55. The average Bonchev–Trinajstić information content (AvgIpc) is 2.03. The summed E-state index contributed by atoms with van der Waals surface area (Å²) >= 11 is 1.86. The summed E-state index contributed by atoms with van der Waals surface area (Å²) in [5, 5.41) is 0.935. The van der Waals surface area contributed by atoms with Gasteiger partial charge in [0.1, 0.15) is 0 Å². The predicted octanol–water partition coefficient (Wildman–Crippen LogP) is 1.75. The molecule has 3 heteroatoms. The van der Waals surface area contributed by atoms with Crippen molar-refractivity contribution >= 4 is 17.7 Å². The molecule has 1 fully saturated rings. The fourth-order valence-electron chi connectivity index (χ4n) is 1.43. The van der Waals surface area contributed by atoms with Gasteiger partial charge in [0.15, 0.2) is 0 Å². The Hall–Kier alpha value is -0.700. The number of amides is 1. The van der Waals surface area contributed by atoms with Gasteiger partial charge in [0.2, 0.25) is 5.91 Å². The molecule has 0 aromatic rings. The highest BCUT2D eigenvalue weighted by atomic mass is 32.2. The van der Waals surface area contributed by atoms with E-state index in [2.05, 4.69) is 12.7 Å². The normalized spacial score (nSPS) is 32.7. The summed E-state index contributed by atoms with van der Waals surface area (Å²) in [5.41, 5.74) is 0. The van der Waals surface area contributed by atoms with E-state index in [4.69, 9.17) is 0 Å². The maximum atomic E-state index is 11.0. The molecule has 0 aromatic heterocycles. The SMILES string of the molecule is C=CCC1C=CN2C(=O)C[C@H]2S1. The molecule has 64 valence electrons. The lowest BCUT2D eigenvalue weighted by Gasteiger charge is -2.41. The minimum Gasteiger partial charge on any atom is -0.306 e. The lowest BCUT2D eigenvalue weighted by molar-refractivity contribution is -0.137. The number of thioether (sulfide) groups is 1. The van der Waals surface area contributed by atoms with Gasteiger partial charge >= 0.3 is 0 Å². The summed E-state index contributed by atoms with van der Waals surface area (Å²) in [6.07, 6.45) is 7.64. The number of allylic oxidation sites excluding steroid dienone is 1. The number of rotatable bonds is 2. The number of fused-ring (bicyclic) bond motifs is 1. The molecular formula is C9H11NOS. The lowest BCUT2D eigenvalue weighted by Crippen LogP contribution is -2.49. The average molecular weight is 181 g/mol. The third-order valence-electron chi connectivity index (χ3n) is 2.14. The highest BCUT2D eigenvalue weighted by molar-refractivity contribution is 8.00. The first kappa shape index (κ1) is 7.92. The van der Waals surface area contributed by atoms with Crippen molar-refractivity contribution in [1.29, 1.82) is 0 Å². The molecule has 2 heterocycles. The largest absolute Gasteiger partial charge is 0.306 e. The molecule has 2 nitrogen and oxygen atoms in total. The van der Waals surface area contributed by atoms with Gasteiger partial charge in [0.25, 0.3) is 0 Å². The minimum absolute atomic E-state index is 0.251. The Bertz CT molecular complexity index is 249. The van der Waals surface area contributed by atoms with Crippen LogP contribution in [0.15, 0.2) is 24.9 Å². The maximum Gasteiger partial charge on any atom is 0.230 e. The van der Waals surface area contributed by atoms with Crippen molar-refractivity contribution in [2.24, 2.45) is 0 Å². The second-order valence-corrected chi connectivity index (χ2v) is 4.42. The van der Waals surface area contributed by atoms with E-state index in [1.807, 2.05) is 28.9 Å². The predicted molar refractivity (Wildman–Crippen MR) is 50.6 cm³/mol. The first-order chi connectivity index (χ1) is 5.81. The molecule has 2 aliphatic heterocycles. The van der Waals surface area contributed by atoms with Crippen LogP contribution in [0.5, 0.6) is 0 Å². The van der Waals surface area contributed by atoms with Gasteiger partial charge in [-0.3, -0.25) is 4.79 Å². The minimum atomic E-state index is 0.251. The van der Waals surface area contributed by atoms with Gasteiger partial charge in [-0.2, -0.15) is 0 Å². The molecule has 12 heavy (non-hydrogen) atoms. The van der Waals surface area contributed by atoms with Gasteiger partial charge in [0, 0.05) is 11.4 Å². The number of hydrogen-bond acceptors (Lipinski definition) is 2. The van der Waals surface area contributed by atoms with Crippen molar-refractivity contribution in [2.45, 2.75) is 23.5 Å². The molecular weight excluding hydrogens is 170 g/mol. The van der Waals surface area contributed by atoms with Gasteiger partial charge in [-0.15, -0.1) is 18.3 Å². The summed E-state index contributed by atoms with van der Waals surface area (Å²) < 4.78 is 0. The molecule has 0 aromatic carbocycles. The van der Waals surface area contributed by atoms with E-state index < -0.39 is 0 Å². The standard InChI is InChI=1S/C9H11NOS/c1-2-3-7-4-5-10-8(11)6-9(10)12-7/h2,4-5,7,9H,1,3,6H2/t7?,9-/m1/s1. The fourth-order valence-corrected chi connectivity index (χ4v) is 2.80. The van der Waals surface area contributed by atoms with E-state index in [1.165, 1.54) is 0 Å².